The van der Waals surface area contributed by atoms with Crippen molar-refractivity contribution in [2.45, 2.75) is 0 Å². The first kappa shape index (κ1) is 13.2. The fourth-order valence-corrected chi connectivity index (χ4v) is 2.38. The van der Waals surface area contributed by atoms with Crippen LogP contribution in [-0.2, 0) is 0 Å². The van der Waals surface area contributed by atoms with Crippen LogP contribution in [0.1, 0.15) is 10.4 Å². The van der Waals surface area contributed by atoms with E-state index in [2.05, 4.69) is 0 Å². The molecule has 2 nitrogen and oxygen atoms in total. The van der Waals surface area contributed by atoms with E-state index < -0.39 is 5.97 Å². The standard InChI is InChI=1S/C13H7Cl3O2/c14-9-3-8(4-10(15)6-9)7-1-2-11(13(17)18)12(16)5-7/h1-6H,(H,17,18). The average molecular weight is 302 g/mol. The second-order valence-corrected chi connectivity index (χ2v) is 4.94. The Kier molecular flexibility index (Phi) is 3.81. The Balaban J connectivity index is 2.52. The highest BCUT2D eigenvalue weighted by molar-refractivity contribution is 6.35. The maximum Gasteiger partial charge on any atom is 0.337 e. The number of hydrogen-bond acceptors (Lipinski definition) is 1. The summed E-state index contributed by atoms with van der Waals surface area (Å²) in [5.74, 6) is -1.06. The molecule has 0 atom stereocenters. The molecule has 2 aromatic rings. The largest absolute Gasteiger partial charge is 0.478 e. The maximum atomic E-state index is 10.9. The Morgan fingerprint density at radius 1 is 0.889 bits per heavy atom. The fourth-order valence-electron chi connectivity index (χ4n) is 1.59. The van der Waals surface area contributed by atoms with Crippen molar-refractivity contribution in [3.8, 4) is 11.1 Å². The molecule has 0 aromatic heterocycles. The number of rotatable bonds is 2. The van der Waals surface area contributed by atoms with Gasteiger partial charge >= 0.3 is 5.97 Å². The van der Waals surface area contributed by atoms with Crippen LogP contribution in [0, 0.1) is 0 Å². The van der Waals surface area contributed by atoms with Crippen LogP contribution < -0.4 is 0 Å². The molecule has 0 unspecified atom stereocenters. The van der Waals surface area contributed by atoms with E-state index in [1.807, 2.05) is 0 Å². The van der Waals surface area contributed by atoms with Crippen LogP contribution in [0.15, 0.2) is 36.4 Å². The van der Waals surface area contributed by atoms with Crippen molar-refractivity contribution >= 4 is 40.8 Å². The van der Waals surface area contributed by atoms with Gasteiger partial charge < -0.3 is 5.11 Å². The molecule has 0 aliphatic carbocycles. The molecule has 0 bridgehead atoms. The van der Waals surface area contributed by atoms with Crippen molar-refractivity contribution in [2.75, 3.05) is 0 Å². The first-order valence-corrected chi connectivity index (χ1v) is 6.10. The first-order chi connectivity index (χ1) is 8.47. The molecule has 2 rings (SSSR count). The molecule has 1 N–H and O–H groups in total. The van der Waals surface area contributed by atoms with Crippen LogP contribution in [0.25, 0.3) is 11.1 Å². The van der Waals surface area contributed by atoms with Gasteiger partial charge in [0.2, 0.25) is 0 Å². The minimum atomic E-state index is -1.06. The SMILES string of the molecule is O=C(O)c1ccc(-c2cc(Cl)cc(Cl)c2)cc1Cl. The first-order valence-electron chi connectivity index (χ1n) is 4.96. The maximum absolute atomic E-state index is 10.9. The normalized spacial score (nSPS) is 10.4. The van der Waals surface area contributed by atoms with Gasteiger partial charge in [0, 0.05) is 10.0 Å². The van der Waals surface area contributed by atoms with Gasteiger partial charge in [0.15, 0.2) is 0 Å². The highest BCUT2D eigenvalue weighted by Gasteiger charge is 2.10. The highest BCUT2D eigenvalue weighted by atomic mass is 35.5. The van der Waals surface area contributed by atoms with Gasteiger partial charge in [-0.3, -0.25) is 0 Å². The average Bonchev–Trinajstić information content (AvgIpc) is 2.26. The van der Waals surface area contributed by atoms with Crippen molar-refractivity contribution in [2.24, 2.45) is 0 Å². The van der Waals surface area contributed by atoms with Crippen LogP contribution in [0.5, 0.6) is 0 Å². The Hall–Kier alpha value is -1.22. The number of hydrogen-bond donors (Lipinski definition) is 1. The number of halogens is 3. The van der Waals surface area contributed by atoms with Crippen LogP contribution in [0.3, 0.4) is 0 Å². The number of aromatic carboxylic acids is 1. The van der Waals surface area contributed by atoms with E-state index in [-0.39, 0.29) is 10.6 Å². The highest BCUT2D eigenvalue weighted by Crippen LogP contribution is 2.30. The molecular weight excluding hydrogens is 294 g/mol. The Labute approximate surface area is 119 Å². The van der Waals surface area contributed by atoms with Gasteiger partial charge in [-0.25, -0.2) is 4.79 Å². The summed E-state index contributed by atoms with van der Waals surface area (Å²) >= 11 is 17.7. The molecule has 0 saturated carbocycles. The quantitative estimate of drug-likeness (QED) is 0.846. The van der Waals surface area contributed by atoms with Gasteiger partial charge in [-0.05, 0) is 41.5 Å². The van der Waals surface area contributed by atoms with Gasteiger partial charge in [-0.1, -0.05) is 40.9 Å². The topological polar surface area (TPSA) is 37.3 Å². The monoisotopic (exact) mass is 300 g/mol. The van der Waals surface area contributed by atoms with E-state index >= 15 is 0 Å². The third-order valence-electron chi connectivity index (χ3n) is 2.40. The fraction of sp³-hybridized carbons (Fsp3) is 0. The molecule has 0 aliphatic rings. The van der Waals surface area contributed by atoms with Crippen LogP contribution >= 0.6 is 34.8 Å². The predicted octanol–water partition coefficient (Wildman–Crippen LogP) is 5.01. The summed E-state index contributed by atoms with van der Waals surface area (Å²) in [6.45, 7) is 0. The zero-order valence-corrected chi connectivity index (χ0v) is 11.2. The third kappa shape index (κ3) is 2.78. The molecule has 0 saturated heterocycles. The molecule has 0 amide bonds. The smallest absolute Gasteiger partial charge is 0.337 e. The van der Waals surface area contributed by atoms with E-state index in [1.54, 1.807) is 30.3 Å². The van der Waals surface area contributed by atoms with Gasteiger partial charge in [0.25, 0.3) is 0 Å². The lowest BCUT2D eigenvalue weighted by Gasteiger charge is -2.06. The lowest BCUT2D eigenvalue weighted by molar-refractivity contribution is 0.0697. The summed E-state index contributed by atoms with van der Waals surface area (Å²) in [4.78, 5) is 10.9. The number of carboxylic acid groups (broad SMARTS) is 1. The number of carbonyl (C=O) groups is 1. The van der Waals surface area contributed by atoms with Gasteiger partial charge in [0.05, 0.1) is 10.6 Å². The summed E-state index contributed by atoms with van der Waals surface area (Å²) < 4.78 is 0. The molecular formula is C13H7Cl3O2. The van der Waals surface area contributed by atoms with Crippen molar-refractivity contribution < 1.29 is 9.90 Å². The van der Waals surface area contributed by atoms with E-state index in [1.165, 1.54) is 6.07 Å². The third-order valence-corrected chi connectivity index (χ3v) is 3.14. The zero-order chi connectivity index (χ0) is 13.3. The Morgan fingerprint density at radius 2 is 1.50 bits per heavy atom. The molecule has 0 radical (unpaired) electrons. The summed E-state index contributed by atoms with van der Waals surface area (Å²) in [5.41, 5.74) is 1.61. The van der Waals surface area contributed by atoms with E-state index in [0.29, 0.717) is 10.0 Å². The predicted molar refractivity (Wildman–Crippen MR) is 73.9 cm³/mol. The van der Waals surface area contributed by atoms with Crippen molar-refractivity contribution in [1.29, 1.82) is 0 Å². The van der Waals surface area contributed by atoms with E-state index in [9.17, 15) is 4.79 Å². The molecule has 18 heavy (non-hydrogen) atoms. The van der Waals surface area contributed by atoms with Crippen molar-refractivity contribution in [1.82, 2.24) is 0 Å². The Bertz CT molecular complexity index is 603. The van der Waals surface area contributed by atoms with Gasteiger partial charge in [-0.2, -0.15) is 0 Å². The molecule has 0 spiro atoms. The van der Waals surface area contributed by atoms with Crippen LogP contribution in [-0.4, -0.2) is 11.1 Å². The van der Waals surface area contributed by atoms with Gasteiger partial charge in [0.1, 0.15) is 0 Å². The lowest BCUT2D eigenvalue weighted by Crippen LogP contribution is -1.97. The molecule has 92 valence electrons. The molecule has 0 fully saturated rings. The molecule has 0 aliphatic heterocycles. The lowest BCUT2D eigenvalue weighted by atomic mass is 10.0. The molecule has 5 heteroatoms. The number of benzene rings is 2. The van der Waals surface area contributed by atoms with Crippen molar-refractivity contribution in [3.63, 3.8) is 0 Å². The van der Waals surface area contributed by atoms with Crippen LogP contribution in [0.2, 0.25) is 15.1 Å². The zero-order valence-electron chi connectivity index (χ0n) is 8.95. The number of carboxylic acids is 1. The van der Waals surface area contributed by atoms with Gasteiger partial charge in [-0.15, -0.1) is 0 Å². The summed E-state index contributed by atoms with van der Waals surface area (Å²) in [6.07, 6.45) is 0. The Morgan fingerprint density at radius 3 is 2.00 bits per heavy atom. The second kappa shape index (κ2) is 5.19. The molecule has 0 heterocycles. The second-order valence-electron chi connectivity index (χ2n) is 3.66. The summed E-state index contributed by atoms with van der Waals surface area (Å²) in [6, 6.07) is 9.79. The minimum absolute atomic E-state index is 0.0635. The summed E-state index contributed by atoms with van der Waals surface area (Å²) in [5, 5.41) is 10.1. The minimum Gasteiger partial charge on any atom is -0.478 e. The summed E-state index contributed by atoms with van der Waals surface area (Å²) in [7, 11) is 0. The van der Waals surface area contributed by atoms with Crippen molar-refractivity contribution in [3.05, 3.63) is 57.0 Å². The molecule has 2 aromatic carbocycles. The van der Waals surface area contributed by atoms with Crippen LogP contribution in [0.4, 0.5) is 0 Å². The van der Waals surface area contributed by atoms with E-state index in [4.69, 9.17) is 39.9 Å². The van der Waals surface area contributed by atoms with E-state index in [0.717, 1.165) is 11.1 Å².